The molecule has 0 radical (unpaired) electrons. The predicted molar refractivity (Wildman–Crippen MR) is 101 cm³/mol. The number of imide groups is 1. The number of para-hydroxylation sites is 2. The molecule has 7 nitrogen and oxygen atoms in total. The van der Waals surface area contributed by atoms with Gasteiger partial charge in [-0.15, -0.1) is 0 Å². The second kappa shape index (κ2) is 7.92. The molecule has 27 heavy (non-hydrogen) atoms. The number of ether oxygens (including phenoxy) is 1. The van der Waals surface area contributed by atoms with Crippen LogP contribution in [0.25, 0.3) is 6.08 Å². The number of halogens is 1. The average molecular weight is 386 g/mol. The van der Waals surface area contributed by atoms with E-state index in [1.807, 2.05) is 0 Å². The summed E-state index contributed by atoms with van der Waals surface area (Å²) in [6.45, 7) is -0.416. The molecule has 0 spiro atoms. The van der Waals surface area contributed by atoms with Crippen molar-refractivity contribution in [3.05, 3.63) is 64.8 Å². The fourth-order valence-corrected chi connectivity index (χ4v) is 2.65. The molecule has 3 rings (SSSR count). The zero-order chi connectivity index (χ0) is 19.4. The highest BCUT2D eigenvalue weighted by Crippen LogP contribution is 2.23. The van der Waals surface area contributed by atoms with E-state index >= 15 is 0 Å². The van der Waals surface area contributed by atoms with Crippen molar-refractivity contribution in [3.63, 3.8) is 0 Å². The van der Waals surface area contributed by atoms with Crippen LogP contribution in [0, 0.1) is 0 Å². The van der Waals surface area contributed by atoms with E-state index in [-0.39, 0.29) is 5.70 Å². The van der Waals surface area contributed by atoms with E-state index < -0.39 is 24.4 Å². The molecule has 0 atom stereocenters. The van der Waals surface area contributed by atoms with Gasteiger partial charge < -0.3 is 15.4 Å². The van der Waals surface area contributed by atoms with Gasteiger partial charge in [0.2, 0.25) is 5.91 Å². The number of nitrogens with zero attached hydrogens (tertiary/aromatic N) is 1. The summed E-state index contributed by atoms with van der Waals surface area (Å²) in [6, 6.07) is 13.0. The lowest BCUT2D eigenvalue weighted by Gasteiger charge is -2.13. The van der Waals surface area contributed by atoms with Crippen LogP contribution in [-0.4, -0.2) is 36.4 Å². The van der Waals surface area contributed by atoms with Crippen molar-refractivity contribution in [2.45, 2.75) is 0 Å². The van der Waals surface area contributed by atoms with Crippen LogP contribution in [0.1, 0.15) is 5.56 Å². The van der Waals surface area contributed by atoms with Crippen LogP contribution in [-0.2, 0) is 9.59 Å². The van der Waals surface area contributed by atoms with Crippen molar-refractivity contribution in [2.75, 3.05) is 19.0 Å². The van der Waals surface area contributed by atoms with E-state index in [0.29, 0.717) is 22.0 Å². The third kappa shape index (κ3) is 4.27. The molecule has 0 bridgehead atoms. The van der Waals surface area contributed by atoms with Crippen molar-refractivity contribution < 1.29 is 19.1 Å². The Hall–Kier alpha value is -3.32. The molecule has 1 aliphatic heterocycles. The molecule has 0 aliphatic carbocycles. The Balaban J connectivity index is 1.70. The molecular formula is C19H16ClN3O4. The summed E-state index contributed by atoms with van der Waals surface area (Å²) in [5, 5.41) is 5.66. The largest absolute Gasteiger partial charge is 0.495 e. The van der Waals surface area contributed by atoms with Crippen molar-refractivity contribution in [1.29, 1.82) is 0 Å². The highest BCUT2D eigenvalue weighted by Gasteiger charge is 2.35. The summed E-state index contributed by atoms with van der Waals surface area (Å²) in [7, 11) is 1.48. The Bertz CT molecular complexity index is 925. The molecule has 2 aromatic carbocycles. The van der Waals surface area contributed by atoms with Crippen LogP contribution in [0.15, 0.2) is 54.2 Å². The molecular weight excluding hydrogens is 370 g/mol. The van der Waals surface area contributed by atoms with Gasteiger partial charge in [0.1, 0.15) is 18.0 Å². The van der Waals surface area contributed by atoms with Gasteiger partial charge in [-0.1, -0.05) is 35.9 Å². The molecule has 2 N–H and O–H groups in total. The Kier molecular flexibility index (Phi) is 5.42. The normalized spacial score (nSPS) is 15.0. The molecule has 1 heterocycles. The van der Waals surface area contributed by atoms with E-state index in [2.05, 4.69) is 10.6 Å². The molecule has 1 aliphatic rings. The SMILES string of the molecule is COc1ccccc1NC(=O)CN1C(=O)N/C(=C/c2ccc(Cl)cc2)C1=O. The topological polar surface area (TPSA) is 87.7 Å². The lowest BCUT2D eigenvalue weighted by atomic mass is 10.2. The number of anilines is 1. The zero-order valence-corrected chi connectivity index (χ0v) is 15.1. The Morgan fingerprint density at radius 1 is 1.19 bits per heavy atom. The van der Waals surface area contributed by atoms with Crippen molar-refractivity contribution >= 4 is 41.2 Å². The zero-order valence-electron chi connectivity index (χ0n) is 14.4. The Labute approximate surface area is 160 Å². The van der Waals surface area contributed by atoms with E-state index in [1.165, 1.54) is 13.2 Å². The number of nitrogens with one attached hydrogen (secondary N) is 2. The number of hydrogen-bond acceptors (Lipinski definition) is 4. The fraction of sp³-hybridized carbons (Fsp3) is 0.105. The highest BCUT2D eigenvalue weighted by atomic mass is 35.5. The van der Waals surface area contributed by atoms with Gasteiger partial charge in [-0.3, -0.25) is 9.59 Å². The van der Waals surface area contributed by atoms with Gasteiger partial charge in [0.25, 0.3) is 5.91 Å². The van der Waals surface area contributed by atoms with Crippen LogP contribution in [0.3, 0.4) is 0 Å². The number of methoxy groups -OCH3 is 1. The molecule has 0 aromatic heterocycles. The molecule has 4 amide bonds. The maximum absolute atomic E-state index is 12.4. The minimum Gasteiger partial charge on any atom is -0.495 e. The Morgan fingerprint density at radius 2 is 1.89 bits per heavy atom. The van der Waals surface area contributed by atoms with Crippen molar-refractivity contribution in [3.8, 4) is 5.75 Å². The standard InChI is InChI=1S/C19H16ClN3O4/c1-27-16-5-3-2-4-14(16)21-17(24)11-23-18(25)15(22-19(23)26)10-12-6-8-13(20)9-7-12/h2-10H,11H2,1H3,(H,21,24)(H,22,26)/b15-10+. The first-order valence-corrected chi connectivity index (χ1v) is 8.38. The maximum Gasteiger partial charge on any atom is 0.329 e. The molecule has 2 aromatic rings. The fourth-order valence-electron chi connectivity index (χ4n) is 2.52. The maximum atomic E-state index is 12.4. The van der Waals surface area contributed by atoms with Crippen LogP contribution in [0.5, 0.6) is 5.75 Å². The van der Waals surface area contributed by atoms with Crippen molar-refractivity contribution in [1.82, 2.24) is 10.2 Å². The summed E-state index contributed by atoms with van der Waals surface area (Å²) in [4.78, 5) is 37.6. The summed E-state index contributed by atoms with van der Waals surface area (Å²) in [5.41, 5.74) is 1.24. The van der Waals surface area contributed by atoms with Gasteiger partial charge in [0.15, 0.2) is 0 Å². The smallest absolute Gasteiger partial charge is 0.329 e. The van der Waals surface area contributed by atoms with E-state index in [4.69, 9.17) is 16.3 Å². The number of benzene rings is 2. The second-order valence-electron chi connectivity index (χ2n) is 5.68. The summed E-state index contributed by atoms with van der Waals surface area (Å²) >= 11 is 5.83. The monoisotopic (exact) mass is 385 g/mol. The van der Waals surface area contributed by atoms with Gasteiger partial charge in [-0.05, 0) is 35.9 Å². The van der Waals surface area contributed by atoms with Crippen LogP contribution >= 0.6 is 11.6 Å². The lowest BCUT2D eigenvalue weighted by Crippen LogP contribution is -2.38. The van der Waals surface area contributed by atoms with E-state index in [0.717, 1.165) is 4.90 Å². The third-order valence-electron chi connectivity index (χ3n) is 3.83. The quantitative estimate of drug-likeness (QED) is 0.612. The number of amides is 4. The number of urea groups is 1. The molecule has 8 heteroatoms. The van der Waals surface area contributed by atoms with Crippen LogP contribution < -0.4 is 15.4 Å². The third-order valence-corrected chi connectivity index (χ3v) is 4.08. The number of carbonyl (C=O) groups is 3. The summed E-state index contributed by atoms with van der Waals surface area (Å²) in [6.07, 6.45) is 1.52. The number of rotatable bonds is 5. The molecule has 1 saturated heterocycles. The minimum atomic E-state index is -0.657. The number of hydrogen-bond donors (Lipinski definition) is 2. The first kappa shape index (κ1) is 18.5. The Morgan fingerprint density at radius 3 is 2.59 bits per heavy atom. The predicted octanol–water partition coefficient (Wildman–Crippen LogP) is 2.88. The first-order valence-electron chi connectivity index (χ1n) is 8.01. The van der Waals surface area contributed by atoms with Crippen LogP contribution in [0.2, 0.25) is 5.02 Å². The molecule has 0 unspecified atom stereocenters. The van der Waals surface area contributed by atoms with Gasteiger partial charge in [-0.2, -0.15) is 0 Å². The van der Waals surface area contributed by atoms with Crippen LogP contribution in [0.4, 0.5) is 10.5 Å². The highest BCUT2D eigenvalue weighted by molar-refractivity contribution is 6.30. The molecule has 138 valence electrons. The number of carbonyl (C=O) groups excluding carboxylic acids is 3. The minimum absolute atomic E-state index is 0.0902. The molecule has 1 fully saturated rings. The first-order chi connectivity index (χ1) is 13.0. The second-order valence-corrected chi connectivity index (χ2v) is 6.12. The van der Waals surface area contributed by atoms with Gasteiger partial charge in [-0.25, -0.2) is 9.69 Å². The van der Waals surface area contributed by atoms with Gasteiger partial charge in [0, 0.05) is 5.02 Å². The van der Waals surface area contributed by atoms with Crippen molar-refractivity contribution in [2.24, 2.45) is 0 Å². The summed E-state index contributed by atoms with van der Waals surface area (Å²) in [5.74, 6) is -0.618. The van der Waals surface area contributed by atoms with Gasteiger partial charge >= 0.3 is 6.03 Å². The average Bonchev–Trinajstić information content (AvgIpc) is 2.91. The van der Waals surface area contributed by atoms with E-state index in [1.54, 1.807) is 48.5 Å². The van der Waals surface area contributed by atoms with E-state index in [9.17, 15) is 14.4 Å². The van der Waals surface area contributed by atoms with Gasteiger partial charge in [0.05, 0.1) is 12.8 Å². The molecule has 0 saturated carbocycles. The summed E-state index contributed by atoms with van der Waals surface area (Å²) < 4.78 is 5.16. The lowest BCUT2D eigenvalue weighted by molar-refractivity contribution is -0.127.